The molecular formula is C35H29ClN2O4S2. The minimum atomic E-state index is -0.657. The van der Waals surface area contributed by atoms with Crippen molar-refractivity contribution in [1.29, 1.82) is 0 Å². The van der Waals surface area contributed by atoms with Gasteiger partial charge in [0.1, 0.15) is 15.8 Å². The van der Waals surface area contributed by atoms with E-state index < -0.39 is 11.2 Å². The van der Waals surface area contributed by atoms with Gasteiger partial charge < -0.3 is 15.4 Å². The third-order valence-corrected chi connectivity index (χ3v) is 9.02. The third kappa shape index (κ3) is 7.58. The number of anilines is 2. The van der Waals surface area contributed by atoms with Gasteiger partial charge in [-0.2, -0.15) is 0 Å². The smallest absolute Gasteiger partial charge is 0.341 e. The third-order valence-electron chi connectivity index (χ3n) is 6.64. The van der Waals surface area contributed by atoms with Crippen LogP contribution in [-0.4, -0.2) is 24.4 Å². The van der Waals surface area contributed by atoms with Crippen molar-refractivity contribution in [1.82, 2.24) is 0 Å². The van der Waals surface area contributed by atoms with Gasteiger partial charge >= 0.3 is 5.97 Å². The molecule has 0 aliphatic carbocycles. The number of nitrogens with one attached hydrogen (secondary N) is 2. The Morgan fingerprint density at radius 1 is 0.886 bits per heavy atom. The molecule has 5 rings (SSSR count). The van der Waals surface area contributed by atoms with Crippen LogP contribution in [0.25, 0.3) is 11.1 Å². The number of aryl methyl sites for hydroxylation is 1. The zero-order valence-corrected chi connectivity index (χ0v) is 26.4. The van der Waals surface area contributed by atoms with Crippen LogP contribution in [0, 0.1) is 6.92 Å². The van der Waals surface area contributed by atoms with E-state index in [1.165, 1.54) is 23.1 Å². The Balaban J connectivity index is 1.42. The molecule has 0 aliphatic rings. The van der Waals surface area contributed by atoms with E-state index in [1.807, 2.05) is 85.1 Å². The molecule has 4 aromatic carbocycles. The van der Waals surface area contributed by atoms with Crippen molar-refractivity contribution in [3.8, 4) is 11.1 Å². The number of halogens is 1. The molecular weight excluding hydrogens is 612 g/mol. The first-order valence-electron chi connectivity index (χ1n) is 13.9. The molecule has 1 atom stereocenters. The number of thiophene rings is 1. The molecule has 5 aromatic rings. The molecule has 0 fully saturated rings. The maximum absolute atomic E-state index is 14.0. The lowest BCUT2D eigenvalue weighted by atomic mass is 10.0. The van der Waals surface area contributed by atoms with Gasteiger partial charge in [0.2, 0.25) is 5.91 Å². The highest BCUT2D eigenvalue weighted by Crippen LogP contribution is 2.40. The van der Waals surface area contributed by atoms with Crippen LogP contribution >= 0.6 is 34.7 Å². The monoisotopic (exact) mass is 640 g/mol. The second-order valence-corrected chi connectivity index (χ2v) is 12.3. The summed E-state index contributed by atoms with van der Waals surface area (Å²) in [6.07, 6.45) is 0. The number of esters is 1. The zero-order valence-electron chi connectivity index (χ0n) is 24.0. The number of benzene rings is 4. The predicted molar refractivity (Wildman–Crippen MR) is 180 cm³/mol. The molecule has 1 unspecified atom stereocenters. The van der Waals surface area contributed by atoms with Gasteiger partial charge in [-0.15, -0.1) is 23.1 Å². The Labute approximate surface area is 269 Å². The van der Waals surface area contributed by atoms with Crippen molar-refractivity contribution in [2.45, 2.75) is 24.0 Å². The second-order valence-electron chi connectivity index (χ2n) is 9.83. The van der Waals surface area contributed by atoms with Gasteiger partial charge in [0.15, 0.2) is 0 Å². The van der Waals surface area contributed by atoms with Crippen LogP contribution in [0.2, 0.25) is 5.02 Å². The van der Waals surface area contributed by atoms with E-state index in [4.69, 9.17) is 16.3 Å². The lowest BCUT2D eigenvalue weighted by Gasteiger charge is -2.18. The Morgan fingerprint density at radius 2 is 1.64 bits per heavy atom. The van der Waals surface area contributed by atoms with E-state index in [1.54, 1.807) is 37.3 Å². The molecule has 1 heterocycles. The Bertz CT molecular complexity index is 1790. The molecule has 6 nitrogen and oxygen atoms in total. The summed E-state index contributed by atoms with van der Waals surface area (Å²) in [6.45, 7) is 3.96. The van der Waals surface area contributed by atoms with Crippen molar-refractivity contribution < 1.29 is 19.1 Å². The highest BCUT2D eigenvalue weighted by molar-refractivity contribution is 8.00. The highest BCUT2D eigenvalue weighted by Gasteiger charge is 2.27. The van der Waals surface area contributed by atoms with Crippen molar-refractivity contribution >= 4 is 63.2 Å². The van der Waals surface area contributed by atoms with Crippen LogP contribution in [0.3, 0.4) is 0 Å². The number of hydrogen-bond donors (Lipinski definition) is 2. The van der Waals surface area contributed by atoms with Gasteiger partial charge in [-0.25, -0.2) is 4.79 Å². The number of amides is 2. The van der Waals surface area contributed by atoms with Crippen molar-refractivity contribution in [2.24, 2.45) is 0 Å². The van der Waals surface area contributed by atoms with E-state index in [2.05, 4.69) is 10.6 Å². The summed E-state index contributed by atoms with van der Waals surface area (Å²) < 4.78 is 5.39. The first-order valence-corrected chi connectivity index (χ1v) is 16.0. The number of hydrogen-bond acceptors (Lipinski definition) is 6. The summed E-state index contributed by atoms with van der Waals surface area (Å²) in [4.78, 5) is 40.7. The molecule has 44 heavy (non-hydrogen) atoms. The average molecular weight is 641 g/mol. The standard InChI is InChI=1S/C35H29ClN2O4S2/c1-3-42-35(41)30-29(23-17-15-22(2)16-18-23)21-43-34(30)38-33(40)31(24-9-5-4-6-10-24)44-28-14-8-13-27(20-28)37-32(39)25-11-7-12-26(36)19-25/h4-21,31H,3H2,1-2H3,(H,37,39)(H,38,40). The molecule has 222 valence electrons. The number of carbonyl (C=O) groups is 3. The number of rotatable bonds is 10. The van der Waals surface area contributed by atoms with E-state index in [0.29, 0.717) is 32.4 Å². The fourth-order valence-corrected chi connectivity index (χ4v) is 6.73. The van der Waals surface area contributed by atoms with Crippen LogP contribution in [-0.2, 0) is 9.53 Å². The highest BCUT2D eigenvalue weighted by atomic mass is 35.5. The maximum atomic E-state index is 14.0. The van der Waals surface area contributed by atoms with Crippen molar-refractivity contribution in [3.05, 3.63) is 136 Å². The zero-order chi connectivity index (χ0) is 31.1. The van der Waals surface area contributed by atoms with Crippen LogP contribution in [0.5, 0.6) is 0 Å². The first kappa shape index (κ1) is 31.1. The Hall–Kier alpha value is -4.37. The fourth-order valence-electron chi connectivity index (χ4n) is 4.50. The molecule has 0 bridgehead atoms. The molecule has 0 spiro atoms. The molecule has 9 heteroatoms. The molecule has 2 N–H and O–H groups in total. The predicted octanol–water partition coefficient (Wildman–Crippen LogP) is 9.28. The summed E-state index contributed by atoms with van der Waals surface area (Å²) >= 11 is 8.68. The maximum Gasteiger partial charge on any atom is 0.341 e. The summed E-state index contributed by atoms with van der Waals surface area (Å²) in [5, 5.41) is 8.02. The lowest BCUT2D eigenvalue weighted by molar-refractivity contribution is -0.115. The Kier molecular flexibility index (Phi) is 10.2. The van der Waals surface area contributed by atoms with Gasteiger partial charge in [-0.1, -0.05) is 83.9 Å². The van der Waals surface area contributed by atoms with Gasteiger partial charge in [0.25, 0.3) is 5.91 Å². The molecule has 1 aromatic heterocycles. The van der Waals surface area contributed by atoms with E-state index >= 15 is 0 Å². The quantitative estimate of drug-likeness (QED) is 0.117. The summed E-state index contributed by atoms with van der Waals surface area (Å²) in [5.74, 6) is -1.08. The second kappa shape index (κ2) is 14.4. The number of ether oxygens (including phenoxy) is 1. The molecule has 2 amide bonds. The van der Waals surface area contributed by atoms with Crippen molar-refractivity contribution in [3.63, 3.8) is 0 Å². The average Bonchev–Trinajstić information content (AvgIpc) is 3.44. The Morgan fingerprint density at radius 3 is 2.36 bits per heavy atom. The molecule has 0 radical (unpaired) electrons. The summed E-state index contributed by atoms with van der Waals surface area (Å²) in [5.41, 5.74) is 4.81. The molecule has 0 saturated carbocycles. The largest absolute Gasteiger partial charge is 0.462 e. The summed E-state index contributed by atoms with van der Waals surface area (Å²) in [7, 11) is 0. The normalized spacial score (nSPS) is 11.4. The van der Waals surface area contributed by atoms with Gasteiger partial charge in [0.05, 0.1) is 6.61 Å². The number of carbonyl (C=O) groups excluding carboxylic acids is 3. The topological polar surface area (TPSA) is 84.5 Å². The van der Waals surface area contributed by atoms with E-state index in [-0.39, 0.29) is 18.4 Å². The van der Waals surface area contributed by atoms with Gasteiger partial charge in [-0.3, -0.25) is 9.59 Å². The molecule has 0 saturated heterocycles. The fraction of sp³-hybridized carbons (Fsp3) is 0.114. The minimum absolute atomic E-state index is 0.210. The van der Waals surface area contributed by atoms with Gasteiger partial charge in [0, 0.05) is 32.1 Å². The van der Waals surface area contributed by atoms with Crippen LogP contribution in [0.4, 0.5) is 10.7 Å². The lowest BCUT2D eigenvalue weighted by Crippen LogP contribution is -2.20. The van der Waals surface area contributed by atoms with Gasteiger partial charge in [-0.05, 0) is 61.4 Å². The van der Waals surface area contributed by atoms with E-state index in [0.717, 1.165) is 21.6 Å². The van der Waals surface area contributed by atoms with Crippen LogP contribution < -0.4 is 10.6 Å². The van der Waals surface area contributed by atoms with Crippen LogP contribution in [0.1, 0.15) is 44.0 Å². The van der Waals surface area contributed by atoms with E-state index in [9.17, 15) is 14.4 Å². The first-order chi connectivity index (χ1) is 21.3. The van der Waals surface area contributed by atoms with Crippen LogP contribution in [0.15, 0.2) is 113 Å². The SMILES string of the molecule is CCOC(=O)c1c(-c2ccc(C)cc2)csc1NC(=O)C(Sc1cccc(NC(=O)c2cccc(Cl)c2)c1)c1ccccc1. The summed E-state index contributed by atoms with van der Waals surface area (Å²) in [6, 6.07) is 31.3. The minimum Gasteiger partial charge on any atom is -0.462 e. The molecule has 0 aliphatic heterocycles. The number of thioether (sulfide) groups is 1. The van der Waals surface area contributed by atoms with Crippen molar-refractivity contribution in [2.75, 3.05) is 17.2 Å².